The van der Waals surface area contributed by atoms with Gasteiger partial charge in [-0.1, -0.05) is 0 Å². The lowest BCUT2D eigenvalue weighted by atomic mass is 10.1. The first-order valence-corrected chi connectivity index (χ1v) is 5.70. The number of esters is 1. The number of benzene rings is 1. The fraction of sp³-hybridized carbons (Fsp3) is 0.167. The first-order valence-electron chi connectivity index (χ1n) is 4.91. The van der Waals surface area contributed by atoms with Crippen LogP contribution < -0.4 is 10.5 Å². The smallest absolute Gasteiger partial charge is 0.308 e. The highest BCUT2D eigenvalue weighted by Gasteiger charge is 2.03. The number of hydrogen-bond acceptors (Lipinski definition) is 4. The molecule has 0 radical (unpaired) electrons. The molecule has 0 aliphatic heterocycles. The number of ether oxygens (including phenoxy) is 1. The first kappa shape index (κ1) is 13.4. The third-order valence-corrected chi connectivity index (χ3v) is 2.56. The van der Waals surface area contributed by atoms with Gasteiger partial charge in [-0.05, 0) is 45.8 Å². The Balaban J connectivity index is 2.95. The van der Waals surface area contributed by atoms with Crippen molar-refractivity contribution in [2.24, 2.45) is 10.7 Å². The zero-order valence-electron chi connectivity index (χ0n) is 9.61. The van der Waals surface area contributed by atoms with E-state index < -0.39 is 0 Å². The van der Waals surface area contributed by atoms with Gasteiger partial charge in [0, 0.05) is 20.2 Å². The number of allylic oxidation sites excluding steroid dienone is 1. The van der Waals surface area contributed by atoms with Crippen molar-refractivity contribution >= 4 is 33.8 Å². The van der Waals surface area contributed by atoms with Crippen LogP contribution in [0.4, 0.5) is 0 Å². The highest BCUT2D eigenvalue weighted by Crippen LogP contribution is 2.20. The number of nitrogens with zero attached hydrogens (tertiary/aromatic N) is 1. The van der Waals surface area contributed by atoms with E-state index in [1.165, 1.54) is 6.92 Å². The average molecular weight is 297 g/mol. The predicted octanol–water partition coefficient (Wildman–Crippen LogP) is 2.33. The predicted molar refractivity (Wildman–Crippen MR) is 72.2 cm³/mol. The minimum atomic E-state index is -0.347. The van der Waals surface area contributed by atoms with Gasteiger partial charge in [-0.15, -0.1) is 0 Å². The van der Waals surface area contributed by atoms with Crippen LogP contribution >= 0.6 is 15.9 Å². The fourth-order valence-electron chi connectivity index (χ4n) is 1.19. The topological polar surface area (TPSA) is 64.7 Å². The summed E-state index contributed by atoms with van der Waals surface area (Å²) in [7, 11) is 1.67. The molecule has 0 saturated heterocycles. The summed E-state index contributed by atoms with van der Waals surface area (Å²) in [4.78, 5) is 14.6. The van der Waals surface area contributed by atoms with Crippen LogP contribution in [0.1, 0.15) is 12.5 Å². The van der Waals surface area contributed by atoms with Gasteiger partial charge in [-0.2, -0.15) is 0 Å². The Kier molecular flexibility index (Phi) is 4.90. The van der Waals surface area contributed by atoms with Crippen LogP contribution in [0, 0.1) is 0 Å². The number of carbonyl (C=O) groups excluding carboxylic acids is 1. The summed E-state index contributed by atoms with van der Waals surface area (Å²) < 4.78 is 5.63. The van der Waals surface area contributed by atoms with E-state index in [2.05, 4.69) is 20.9 Å². The van der Waals surface area contributed by atoms with E-state index >= 15 is 0 Å². The van der Waals surface area contributed by atoms with Crippen molar-refractivity contribution in [3.8, 4) is 5.75 Å². The Morgan fingerprint density at radius 1 is 1.41 bits per heavy atom. The molecule has 0 saturated carbocycles. The molecule has 0 amide bonds. The summed E-state index contributed by atoms with van der Waals surface area (Å²) in [5.74, 6) is 0.148. The maximum absolute atomic E-state index is 10.7. The molecule has 1 aromatic carbocycles. The Hall–Kier alpha value is -1.62. The number of carbonyl (C=O) groups is 1. The number of hydrogen-bond donors (Lipinski definition) is 1. The molecule has 0 heterocycles. The van der Waals surface area contributed by atoms with Crippen molar-refractivity contribution in [2.75, 3.05) is 7.05 Å². The third kappa shape index (κ3) is 4.03. The monoisotopic (exact) mass is 296 g/mol. The van der Waals surface area contributed by atoms with E-state index in [0.29, 0.717) is 15.9 Å². The lowest BCUT2D eigenvalue weighted by Crippen LogP contribution is -2.02. The molecule has 0 atom stereocenters. The molecular weight excluding hydrogens is 284 g/mol. The Bertz CT molecular complexity index is 464. The minimum Gasteiger partial charge on any atom is -0.427 e. The van der Waals surface area contributed by atoms with Gasteiger partial charge in [0.15, 0.2) is 0 Å². The lowest BCUT2D eigenvalue weighted by molar-refractivity contribution is -0.131. The van der Waals surface area contributed by atoms with Crippen LogP contribution in [0.25, 0.3) is 5.70 Å². The Labute approximate surface area is 108 Å². The van der Waals surface area contributed by atoms with E-state index in [1.807, 2.05) is 0 Å². The van der Waals surface area contributed by atoms with Crippen LogP contribution in [0.3, 0.4) is 0 Å². The molecule has 1 rings (SSSR count). The molecule has 0 spiro atoms. The molecule has 0 fully saturated rings. The molecular formula is C12H13BrN2O2. The second-order valence-corrected chi connectivity index (χ2v) is 4.12. The molecule has 4 nitrogen and oxygen atoms in total. The summed E-state index contributed by atoms with van der Waals surface area (Å²) in [6.45, 7) is 1.36. The summed E-state index contributed by atoms with van der Waals surface area (Å²) in [6.07, 6.45) is 1.62. The zero-order chi connectivity index (χ0) is 12.8. The van der Waals surface area contributed by atoms with Crippen molar-refractivity contribution in [1.29, 1.82) is 0 Å². The summed E-state index contributed by atoms with van der Waals surface area (Å²) in [5, 5.41) is 0. The van der Waals surface area contributed by atoms with Crippen LogP contribution in [0.2, 0.25) is 0 Å². The Morgan fingerprint density at radius 2 is 2.00 bits per heavy atom. The first-order chi connectivity index (χ1) is 8.04. The van der Waals surface area contributed by atoms with Gasteiger partial charge in [0.05, 0.1) is 10.2 Å². The van der Waals surface area contributed by atoms with Gasteiger partial charge in [0.25, 0.3) is 0 Å². The maximum Gasteiger partial charge on any atom is 0.308 e. The molecule has 0 aliphatic carbocycles. The number of halogens is 1. The van der Waals surface area contributed by atoms with Crippen molar-refractivity contribution in [3.05, 3.63) is 34.3 Å². The van der Waals surface area contributed by atoms with E-state index in [1.54, 1.807) is 37.5 Å². The molecule has 0 aliphatic rings. The zero-order valence-corrected chi connectivity index (χ0v) is 11.2. The van der Waals surface area contributed by atoms with E-state index in [4.69, 9.17) is 10.5 Å². The molecule has 90 valence electrons. The second kappa shape index (κ2) is 6.20. The number of nitrogens with two attached hydrogens (primary N) is 1. The molecule has 17 heavy (non-hydrogen) atoms. The van der Waals surface area contributed by atoms with Gasteiger partial charge in [0.1, 0.15) is 5.75 Å². The second-order valence-electron chi connectivity index (χ2n) is 3.27. The van der Waals surface area contributed by atoms with Crippen LogP contribution in [0.5, 0.6) is 5.75 Å². The summed E-state index contributed by atoms with van der Waals surface area (Å²) >= 11 is 3.32. The van der Waals surface area contributed by atoms with Gasteiger partial charge in [0.2, 0.25) is 0 Å². The highest BCUT2D eigenvalue weighted by atomic mass is 79.9. The van der Waals surface area contributed by atoms with E-state index in [-0.39, 0.29) is 5.97 Å². The van der Waals surface area contributed by atoms with E-state index in [0.717, 1.165) is 5.56 Å². The fourth-order valence-corrected chi connectivity index (χ4v) is 1.62. The van der Waals surface area contributed by atoms with Crippen LogP contribution in [0.15, 0.2) is 33.7 Å². The summed E-state index contributed by atoms with van der Waals surface area (Å²) in [6, 6.07) is 6.93. The van der Waals surface area contributed by atoms with Crippen LogP contribution in [-0.2, 0) is 4.79 Å². The molecule has 0 unspecified atom stereocenters. The number of aliphatic imine (C=N–C) groups is 1. The van der Waals surface area contributed by atoms with Crippen molar-refractivity contribution in [1.82, 2.24) is 0 Å². The van der Waals surface area contributed by atoms with Crippen LogP contribution in [-0.4, -0.2) is 19.2 Å². The molecule has 2 N–H and O–H groups in total. The van der Waals surface area contributed by atoms with Gasteiger partial charge < -0.3 is 10.5 Å². The largest absolute Gasteiger partial charge is 0.427 e. The minimum absolute atomic E-state index is 0.347. The molecule has 0 aromatic heterocycles. The normalized spacial score (nSPS) is 12.4. The molecule has 0 bridgehead atoms. The van der Waals surface area contributed by atoms with Gasteiger partial charge in [-0.3, -0.25) is 9.79 Å². The molecule has 1 aromatic rings. The van der Waals surface area contributed by atoms with E-state index in [9.17, 15) is 4.79 Å². The third-order valence-electron chi connectivity index (χ3n) is 1.93. The molecule has 5 heteroatoms. The quantitative estimate of drug-likeness (QED) is 0.529. The standard InChI is InChI=1S/C12H13BrN2O2/c1-8(16)17-10-5-3-9(4-6-10)12(14)11(13)7-15-2/h3-7H,14H2,1-2H3. The van der Waals surface area contributed by atoms with Crippen molar-refractivity contribution < 1.29 is 9.53 Å². The van der Waals surface area contributed by atoms with Crippen molar-refractivity contribution in [3.63, 3.8) is 0 Å². The number of rotatable bonds is 3. The average Bonchev–Trinajstić information content (AvgIpc) is 2.28. The SMILES string of the molecule is CN=CC(Br)=C(N)c1ccc(OC(C)=O)cc1. The van der Waals surface area contributed by atoms with Crippen molar-refractivity contribution in [2.45, 2.75) is 6.92 Å². The van der Waals surface area contributed by atoms with Gasteiger partial charge in [-0.25, -0.2) is 0 Å². The lowest BCUT2D eigenvalue weighted by Gasteiger charge is -2.05. The van der Waals surface area contributed by atoms with Gasteiger partial charge >= 0.3 is 5.97 Å². The highest BCUT2D eigenvalue weighted by molar-refractivity contribution is 9.12. The Morgan fingerprint density at radius 3 is 2.47 bits per heavy atom. The summed E-state index contributed by atoms with van der Waals surface area (Å²) in [5.41, 5.74) is 7.31. The maximum atomic E-state index is 10.7.